The standard InChI is InChI=1S/C14H11Cl2N/c15-13-6-5-12(7-14(13)16)17-8-10-3-1-2-4-11(10)9-17/h1-7H,8-9H2. The summed E-state index contributed by atoms with van der Waals surface area (Å²) in [5.74, 6) is 0. The van der Waals surface area contributed by atoms with E-state index in [1.165, 1.54) is 11.1 Å². The van der Waals surface area contributed by atoms with Gasteiger partial charge in [0.1, 0.15) is 0 Å². The first kappa shape index (κ1) is 10.9. The van der Waals surface area contributed by atoms with Crippen LogP contribution in [0.4, 0.5) is 5.69 Å². The van der Waals surface area contributed by atoms with E-state index in [1.807, 2.05) is 18.2 Å². The van der Waals surface area contributed by atoms with Gasteiger partial charge in [0, 0.05) is 18.8 Å². The van der Waals surface area contributed by atoms with Crippen LogP contribution in [-0.2, 0) is 13.1 Å². The molecule has 86 valence electrons. The molecule has 0 spiro atoms. The maximum atomic E-state index is 6.04. The van der Waals surface area contributed by atoms with Crippen molar-refractivity contribution < 1.29 is 0 Å². The van der Waals surface area contributed by atoms with E-state index in [1.54, 1.807) is 0 Å². The number of hydrogen-bond donors (Lipinski definition) is 0. The van der Waals surface area contributed by atoms with E-state index in [2.05, 4.69) is 29.2 Å². The summed E-state index contributed by atoms with van der Waals surface area (Å²) in [6.45, 7) is 1.88. The van der Waals surface area contributed by atoms with Gasteiger partial charge < -0.3 is 4.90 Å². The zero-order chi connectivity index (χ0) is 11.8. The fraction of sp³-hybridized carbons (Fsp3) is 0.143. The van der Waals surface area contributed by atoms with Crippen molar-refractivity contribution >= 4 is 28.9 Å². The van der Waals surface area contributed by atoms with Crippen LogP contribution >= 0.6 is 23.2 Å². The van der Waals surface area contributed by atoms with Crippen molar-refractivity contribution in [3.05, 3.63) is 63.6 Å². The van der Waals surface area contributed by atoms with E-state index in [0.717, 1.165) is 18.8 Å². The molecule has 0 N–H and O–H groups in total. The summed E-state index contributed by atoms with van der Waals surface area (Å²) < 4.78 is 0. The molecular formula is C14H11Cl2N. The number of nitrogens with zero attached hydrogens (tertiary/aromatic N) is 1. The van der Waals surface area contributed by atoms with E-state index in [-0.39, 0.29) is 0 Å². The Morgan fingerprint density at radius 3 is 2.06 bits per heavy atom. The SMILES string of the molecule is Clc1ccc(N2Cc3ccccc3C2)cc1Cl. The molecule has 1 aliphatic rings. The highest BCUT2D eigenvalue weighted by Crippen LogP contribution is 2.32. The normalized spacial score (nSPS) is 13.9. The van der Waals surface area contributed by atoms with Crippen LogP contribution in [0.3, 0.4) is 0 Å². The summed E-state index contributed by atoms with van der Waals surface area (Å²) in [4.78, 5) is 2.30. The van der Waals surface area contributed by atoms with Gasteiger partial charge in [-0.05, 0) is 29.3 Å². The number of benzene rings is 2. The lowest BCUT2D eigenvalue weighted by Gasteiger charge is -2.18. The molecule has 0 saturated heterocycles. The summed E-state index contributed by atoms with van der Waals surface area (Å²) in [6.07, 6.45) is 0. The predicted octanol–water partition coefficient (Wildman–Crippen LogP) is 4.51. The second kappa shape index (κ2) is 4.25. The minimum atomic E-state index is 0.604. The summed E-state index contributed by atoms with van der Waals surface area (Å²) in [5.41, 5.74) is 3.90. The van der Waals surface area contributed by atoms with E-state index in [0.29, 0.717) is 10.0 Å². The van der Waals surface area contributed by atoms with Crippen molar-refractivity contribution in [2.24, 2.45) is 0 Å². The Balaban J connectivity index is 1.91. The lowest BCUT2D eigenvalue weighted by atomic mass is 10.1. The van der Waals surface area contributed by atoms with Crippen LogP contribution < -0.4 is 4.90 Å². The molecule has 0 unspecified atom stereocenters. The first-order valence-electron chi connectivity index (χ1n) is 5.51. The third-order valence-electron chi connectivity index (χ3n) is 3.11. The zero-order valence-corrected chi connectivity index (χ0v) is 10.7. The lowest BCUT2D eigenvalue weighted by molar-refractivity contribution is 0.881. The molecule has 1 aliphatic heterocycles. The molecule has 3 heteroatoms. The molecule has 0 bridgehead atoms. The summed E-state index contributed by atoms with van der Waals surface area (Å²) >= 11 is 12.0. The molecule has 0 radical (unpaired) electrons. The maximum Gasteiger partial charge on any atom is 0.0612 e. The maximum absolute atomic E-state index is 6.04. The molecule has 0 amide bonds. The Kier molecular flexibility index (Phi) is 2.73. The largest absolute Gasteiger partial charge is 0.363 e. The predicted molar refractivity (Wildman–Crippen MR) is 72.8 cm³/mol. The zero-order valence-electron chi connectivity index (χ0n) is 9.16. The van der Waals surface area contributed by atoms with Gasteiger partial charge in [0.05, 0.1) is 10.0 Å². The highest BCUT2D eigenvalue weighted by Gasteiger charge is 2.18. The molecule has 3 rings (SSSR count). The second-order valence-electron chi connectivity index (χ2n) is 4.22. The van der Waals surface area contributed by atoms with Gasteiger partial charge in [-0.1, -0.05) is 47.5 Å². The molecule has 0 fully saturated rings. The van der Waals surface area contributed by atoms with Crippen LogP contribution in [0.1, 0.15) is 11.1 Å². The van der Waals surface area contributed by atoms with E-state index in [9.17, 15) is 0 Å². The molecule has 1 nitrogen and oxygen atoms in total. The third-order valence-corrected chi connectivity index (χ3v) is 3.85. The fourth-order valence-electron chi connectivity index (χ4n) is 2.20. The molecule has 2 aromatic carbocycles. The second-order valence-corrected chi connectivity index (χ2v) is 5.04. The van der Waals surface area contributed by atoms with Gasteiger partial charge in [-0.15, -0.1) is 0 Å². The molecule has 0 aliphatic carbocycles. The third kappa shape index (κ3) is 2.01. The fourth-order valence-corrected chi connectivity index (χ4v) is 2.49. The van der Waals surface area contributed by atoms with Gasteiger partial charge in [-0.3, -0.25) is 0 Å². The first-order chi connectivity index (χ1) is 8.24. The summed E-state index contributed by atoms with van der Waals surface area (Å²) in [6, 6.07) is 14.3. The van der Waals surface area contributed by atoms with Crippen molar-refractivity contribution in [1.29, 1.82) is 0 Å². The highest BCUT2D eigenvalue weighted by molar-refractivity contribution is 6.42. The number of rotatable bonds is 1. The Hall–Kier alpha value is -1.18. The van der Waals surface area contributed by atoms with Crippen LogP contribution in [-0.4, -0.2) is 0 Å². The minimum Gasteiger partial charge on any atom is -0.363 e. The van der Waals surface area contributed by atoms with Crippen molar-refractivity contribution in [3.8, 4) is 0 Å². The quantitative estimate of drug-likeness (QED) is 0.732. The Morgan fingerprint density at radius 1 is 0.824 bits per heavy atom. The van der Waals surface area contributed by atoms with Gasteiger partial charge in [0.2, 0.25) is 0 Å². The van der Waals surface area contributed by atoms with E-state index >= 15 is 0 Å². The van der Waals surface area contributed by atoms with Gasteiger partial charge in [-0.25, -0.2) is 0 Å². The average Bonchev–Trinajstić information content (AvgIpc) is 2.76. The van der Waals surface area contributed by atoms with Crippen LogP contribution in [0, 0.1) is 0 Å². The monoisotopic (exact) mass is 263 g/mol. The van der Waals surface area contributed by atoms with Crippen molar-refractivity contribution in [3.63, 3.8) is 0 Å². The van der Waals surface area contributed by atoms with Gasteiger partial charge in [0.15, 0.2) is 0 Å². The lowest BCUT2D eigenvalue weighted by Crippen LogP contribution is -2.14. The van der Waals surface area contributed by atoms with Crippen molar-refractivity contribution in [2.75, 3.05) is 4.90 Å². The Bertz CT molecular complexity index is 541. The smallest absolute Gasteiger partial charge is 0.0612 e. The Labute approximate surface area is 111 Å². The average molecular weight is 264 g/mol. The number of hydrogen-bond acceptors (Lipinski definition) is 1. The molecule has 2 aromatic rings. The molecule has 0 aromatic heterocycles. The van der Waals surface area contributed by atoms with Crippen LogP contribution in [0.2, 0.25) is 10.0 Å². The summed E-state index contributed by atoms with van der Waals surface area (Å²) in [5, 5.41) is 1.22. The topological polar surface area (TPSA) is 3.24 Å². The van der Waals surface area contributed by atoms with Gasteiger partial charge in [-0.2, -0.15) is 0 Å². The van der Waals surface area contributed by atoms with Gasteiger partial charge in [0.25, 0.3) is 0 Å². The van der Waals surface area contributed by atoms with Crippen LogP contribution in [0.25, 0.3) is 0 Å². The molecule has 17 heavy (non-hydrogen) atoms. The minimum absolute atomic E-state index is 0.604. The number of fused-ring (bicyclic) bond motifs is 1. The number of anilines is 1. The van der Waals surface area contributed by atoms with Crippen LogP contribution in [0.5, 0.6) is 0 Å². The highest BCUT2D eigenvalue weighted by atomic mass is 35.5. The summed E-state index contributed by atoms with van der Waals surface area (Å²) in [7, 11) is 0. The Morgan fingerprint density at radius 2 is 1.47 bits per heavy atom. The van der Waals surface area contributed by atoms with E-state index < -0.39 is 0 Å². The van der Waals surface area contributed by atoms with Crippen LogP contribution in [0.15, 0.2) is 42.5 Å². The molecule has 0 saturated carbocycles. The van der Waals surface area contributed by atoms with Crippen molar-refractivity contribution in [2.45, 2.75) is 13.1 Å². The molecular weight excluding hydrogens is 253 g/mol. The number of halogens is 2. The molecule has 1 heterocycles. The van der Waals surface area contributed by atoms with Crippen molar-refractivity contribution in [1.82, 2.24) is 0 Å². The van der Waals surface area contributed by atoms with E-state index in [4.69, 9.17) is 23.2 Å². The van der Waals surface area contributed by atoms with Gasteiger partial charge >= 0.3 is 0 Å². The molecule has 0 atom stereocenters. The first-order valence-corrected chi connectivity index (χ1v) is 6.26.